The van der Waals surface area contributed by atoms with Crippen molar-refractivity contribution in [2.24, 2.45) is 0 Å². The Morgan fingerprint density at radius 3 is 2.22 bits per heavy atom. The molecule has 0 aliphatic rings. The molecule has 0 saturated heterocycles. The predicted octanol–water partition coefficient (Wildman–Crippen LogP) is -0.458. The van der Waals surface area contributed by atoms with Crippen molar-refractivity contribution >= 4 is 23.4 Å². The zero-order chi connectivity index (χ0) is 20.6. The van der Waals surface area contributed by atoms with Gasteiger partial charge in [-0.2, -0.15) is 0 Å². The number of carbonyl (C=O) groups is 3. The first-order valence-corrected chi connectivity index (χ1v) is 8.48. The molecule has 0 aromatic heterocycles. The van der Waals surface area contributed by atoms with Crippen LogP contribution in [0.15, 0.2) is 12.1 Å². The summed E-state index contributed by atoms with van der Waals surface area (Å²) in [6.45, 7) is 4.48. The van der Waals surface area contributed by atoms with E-state index in [9.17, 15) is 27.6 Å². The molecule has 0 aliphatic heterocycles. The SMILES string of the molecule is CCN(CC)C(=O)C[NH+](C)CC(=O)NCC(=O)Nc1ccc(F)c(F)c1F. The highest BCUT2D eigenvalue weighted by Crippen LogP contribution is 2.19. The highest BCUT2D eigenvalue weighted by molar-refractivity contribution is 5.94. The van der Waals surface area contributed by atoms with E-state index in [2.05, 4.69) is 5.32 Å². The van der Waals surface area contributed by atoms with Crippen molar-refractivity contribution in [2.45, 2.75) is 13.8 Å². The second-order valence-corrected chi connectivity index (χ2v) is 5.92. The van der Waals surface area contributed by atoms with Crippen LogP contribution in [0.4, 0.5) is 18.9 Å². The lowest BCUT2D eigenvalue weighted by molar-refractivity contribution is -0.863. The van der Waals surface area contributed by atoms with Crippen LogP contribution >= 0.6 is 0 Å². The van der Waals surface area contributed by atoms with E-state index in [1.807, 2.05) is 19.2 Å². The summed E-state index contributed by atoms with van der Waals surface area (Å²) in [4.78, 5) is 37.8. The first kappa shape index (κ1) is 22.4. The Bertz CT molecular complexity index is 696. The molecule has 1 aromatic carbocycles. The smallest absolute Gasteiger partial charge is 0.277 e. The van der Waals surface area contributed by atoms with Gasteiger partial charge in [-0.05, 0) is 26.0 Å². The monoisotopic (exact) mass is 389 g/mol. The van der Waals surface area contributed by atoms with Crippen LogP contribution in [0.2, 0.25) is 0 Å². The molecular formula is C17H24F3N4O3+. The van der Waals surface area contributed by atoms with E-state index in [1.54, 1.807) is 11.9 Å². The van der Waals surface area contributed by atoms with Crippen molar-refractivity contribution in [1.29, 1.82) is 0 Å². The molecule has 7 nitrogen and oxygen atoms in total. The van der Waals surface area contributed by atoms with Gasteiger partial charge in [0.25, 0.3) is 11.8 Å². The number of hydrogen-bond donors (Lipinski definition) is 3. The molecule has 0 bridgehead atoms. The molecule has 0 saturated carbocycles. The third-order valence-electron chi connectivity index (χ3n) is 3.79. The Balaban J connectivity index is 2.44. The summed E-state index contributed by atoms with van der Waals surface area (Å²) < 4.78 is 39.4. The maximum atomic E-state index is 13.5. The molecule has 0 radical (unpaired) electrons. The lowest BCUT2D eigenvalue weighted by Gasteiger charge is -2.20. The number of halogens is 3. The quantitative estimate of drug-likeness (QED) is 0.500. The van der Waals surface area contributed by atoms with E-state index in [4.69, 9.17) is 0 Å². The fourth-order valence-corrected chi connectivity index (χ4v) is 2.34. The zero-order valence-electron chi connectivity index (χ0n) is 15.5. The van der Waals surface area contributed by atoms with Crippen LogP contribution in [0.3, 0.4) is 0 Å². The zero-order valence-corrected chi connectivity index (χ0v) is 15.5. The second kappa shape index (κ2) is 10.5. The summed E-state index contributed by atoms with van der Waals surface area (Å²) in [5.74, 6) is -5.96. The average molecular weight is 389 g/mol. The van der Waals surface area contributed by atoms with E-state index in [-0.39, 0.29) is 19.0 Å². The first-order chi connectivity index (χ1) is 12.7. The molecule has 1 unspecified atom stereocenters. The van der Waals surface area contributed by atoms with E-state index < -0.39 is 41.5 Å². The van der Waals surface area contributed by atoms with Crippen LogP contribution in [-0.2, 0) is 14.4 Å². The molecule has 3 amide bonds. The van der Waals surface area contributed by atoms with Gasteiger partial charge in [-0.1, -0.05) is 0 Å². The molecular weight excluding hydrogens is 365 g/mol. The van der Waals surface area contributed by atoms with Gasteiger partial charge in [0.15, 0.2) is 30.5 Å². The highest BCUT2D eigenvalue weighted by Gasteiger charge is 2.19. The van der Waals surface area contributed by atoms with Gasteiger partial charge >= 0.3 is 0 Å². The third kappa shape index (κ3) is 6.89. The van der Waals surface area contributed by atoms with E-state index in [0.717, 1.165) is 6.07 Å². The number of likely N-dealkylation sites (N-methyl/N-ethyl adjacent to an activating group) is 2. The van der Waals surface area contributed by atoms with Gasteiger partial charge in [-0.25, -0.2) is 13.2 Å². The van der Waals surface area contributed by atoms with Gasteiger partial charge in [-0.3, -0.25) is 14.4 Å². The summed E-state index contributed by atoms with van der Waals surface area (Å²) >= 11 is 0. The van der Waals surface area contributed by atoms with Gasteiger partial charge in [0.1, 0.15) is 0 Å². The van der Waals surface area contributed by atoms with Crippen LogP contribution in [0.5, 0.6) is 0 Å². The van der Waals surface area contributed by atoms with Crippen molar-refractivity contribution in [1.82, 2.24) is 10.2 Å². The lowest BCUT2D eigenvalue weighted by Crippen LogP contribution is -3.11. The van der Waals surface area contributed by atoms with E-state index >= 15 is 0 Å². The van der Waals surface area contributed by atoms with Crippen LogP contribution in [0.25, 0.3) is 0 Å². The number of benzene rings is 1. The van der Waals surface area contributed by atoms with Crippen molar-refractivity contribution in [2.75, 3.05) is 45.1 Å². The summed E-state index contributed by atoms with van der Waals surface area (Å²) in [6.07, 6.45) is 0. The average Bonchev–Trinajstić information content (AvgIpc) is 2.61. The molecule has 0 heterocycles. The predicted molar refractivity (Wildman–Crippen MR) is 92.5 cm³/mol. The minimum Gasteiger partial charge on any atom is -0.342 e. The van der Waals surface area contributed by atoms with Gasteiger partial charge in [-0.15, -0.1) is 0 Å². The fourth-order valence-electron chi connectivity index (χ4n) is 2.34. The molecule has 1 rings (SSSR count). The Hall–Kier alpha value is -2.62. The summed E-state index contributed by atoms with van der Waals surface area (Å²) in [5, 5.41) is 4.37. The minimum atomic E-state index is -1.69. The Labute approximate surface area is 155 Å². The lowest BCUT2D eigenvalue weighted by atomic mass is 10.2. The number of rotatable bonds is 9. The van der Waals surface area contributed by atoms with Gasteiger partial charge in [0.2, 0.25) is 5.91 Å². The third-order valence-corrected chi connectivity index (χ3v) is 3.79. The number of quaternary nitrogens is 1. The van der Waals surface area contributed by atoms with Crippen LogP contribution in [0, 0.1) is 17.5 Å². The molecule has 0 spiro atoms. The number of nitrogens with one attached hydrogen (secondary N) is 3. The van der Waals surface area contributed by atoms with Crippen LogP contribution < -0.4 is 15.5 Å². The second-order valence-electron chi connectivity index (χ2n) is 5.92. The first-order valence-electron chi connectivity index (χ1n) is 8.48. The molecule has 27 heavy (non-hydrogen) atoms. The maximum absolute atomic E-state index is 13.5. The molecule has 0 fully saturated rings. The fraction of sp³-hybridized carbons (Fsp3) is 0.471. The van der Waals surface area contributed by atoms with E-state index in [1.165, 1.54) is 0 Å². The molecule has 1 aromatic rings. The molecule has 10 heteroatoms. The Morgan fingerprint density at radius 2 is 1.63 bits per heavy atom. The Morgan fingerprint density at radius 1 is 1.00 bits per heavy atom. The maximum Gasteiger partial charge on any atom is 0.277 e. The van der Waals surface area contributed by atoms with Crippen molar-refractivity contribution in [3.63, 3.8) is 0 Å². The summed E-state index contributed by atoms with van der Waals surface area (Å²) in [7, 11) is 1.66. The standard InChI is InChI=1S/C17H23F3N4O3/c1-4-24(5-2)15(27)10-23(3)9-14(26)21-8-13(25)22-12-7-6-11(18)16(19)17(12)20/h6-7H,4-5,8-10H2,1-3H3,(H,21,26)(H,22,25)/p+1. The molecule has 150 valence electrons. The topological polar surface area (TPSA) is 83.0 Å². The van der Waals surface area contributed by atoms with Crippen molar-refractivity contribution < 1.29 is 32.5 Å². The Kier molecular flexibility index (Phi) is 8.73. The van der Waals surface area contributed by atoms with Crippen LogP contribution in [-0.4, -0.2) is 62.4 Å². The number of hydrogen-bond acceptors (Lipinski definition) is 3. The largest absolute Gasteiger partial charge is 0.342 e. The molecule has 1 atom stereocenters. The minimum absolute atomic E-state index is 0.0418. The number of carbonyl (C=O) groups excluding carboxylic acids is 3. The number of amides is 3. The van der Waals surface area contributed by atoms with Crippen molar-refractivity contribution in [3.05, 3.63) is 29.6 Å². The number of nitrogens with zero attached hydrogens (tertiary/aromatic N) is 1. The van der Waals surface area contributed by atoms with Gasteiger partial charge in [0.05, 0.1) is 19.3 Å². The molecule has 0 aliphatic carbocycles. The number of anilines is 1. The summed E-state index contributed by atoms with van der Waals surface area (Å²) in [6, 6.07) is 1.56. The highest BCUT2D eigenvalue weighted by atomic mass is 19.2. The van der Waals surface area contributed by atoms with Crippen LogP contribution in [0.1, 0.15) is 13.8 Å². The van der Waals surface area contributed by atoms with Gasteiger partial charge in [0, 0.05) is 13.1 Å². The van der Waals surface area contributed by atoms with Crippen molar-refractivity contribution in [3.8, 4) is 0 Å². The van der Waals surface area contributed by atoms with Gasteiger partial charge < -0.3 is 20.4 Å². The summed E-state index contributed by atoms with van der Waals surface area (Å²) in [5.41, 5.74) is -0.527. The van der Waals surface area contributed by atoms with E-state index in [0.29, 0.717) is 24.1 Å². The normalized spacial score (nSPS) is 11.6. The molecule has 3 N–H and O–H groups in total.